The van der Waals surface area contributed by atoms with Gasteiger partial charge in [-0.15, -0.1) is 0 Å². The molecule has 0 aromatic heterocycles. The second-order valence-electron chi connectivity index (χ2n) is 6.59. The van der Waals surface area contributed by atoms with Gasteiger partial charge in [0.05, 0.1) is 6.61 Å². The van der Waals surface area contributed by atoms with Crippen molar-refractivity contribution in [2.45, 2.75) is 38.4 Å². The Morgan fingerprint density at radius 2 is 1.81 bits per heavy atom. The van der Waals surface area contributed by atoms with Crippen LogP contribution in [0.2, 0.25) is 0 Å². The smallest absolute Gasteiger partial charge is 0.120 e. The summed E-state index contributed by atoms with van der Waals surface area (Å²) >= 11 is 3.58. The summed E-state index contributed by atoms with van der Waals surface area (Å²) in [6.07, 6.45) is 5.43. The van der Waals surface area contributed by atoms with Crippen LogP contribution in [0.1, 0.15) is 31.4 Å². The minimum atomic E-state index is -1.02. The Bertz CT molecular complexity index is 764. The van der Waals surface area contributed by atoms with Crippen molar-refractivity contribution in [2.75, 3.05) is 6.61 Å². The quantitative estimate of drug-likeness (QED) is 0.628. The maximum atomic E-state index is 9.87. The lowest BCUT2D eigenvalue weighted by atomic mass is 10.1. The van der Waals surface area contributed by atoms with Gasteiger partial charge in [0.15, 0.2) is 0 Å². The Morgan fingerprint density at radius 1 is 1.12 bits per heavy atom. The van der Waals surface area contributed by atoms with Crippen molar-refractivity contribution in [2.24, 2.45) is 0 Å². The fraction of sp³-hybridized carbons (Fsp3) is 0.304. The van der Waals surface area contributed by atoms with Crippen molar-refractivity contribution >= 4 is 22.0 Å². The van der Waals surface area contributed by atoms with E-state index >= 15 is 0 Å². The topological polar surface area (TPSA) is 29.5 Å². The molecule has 0 saturated carbocycles. The van der Waals surface area contributed by atoms with Crippen molar-refractivity contribution in [1.29, 1.82) is 0 Å². The maximum Gasteiger partial charge on any atom is 0.120 e. The molecule has 0 aliphatic carbocycles. The summed E-state index contributed by atoms with van der Waals surface area (Å²) in [6, 6.07) is 18.3. The van der Waals surface area contributed by atoms with E-state index in [-0.39, 0.29) is 6.10 Å². The van der Waals surface area contributed by atoms with Crippen LogP contribution >= 0.6 is 15.9 Å². The molecule has 0 saturated heterocycles. The Morgan fingerprint density at radius 3 is 2.50 bits per heavy atom. The average molecular weight is 413 g/mol. The third-order valence-corrected chi connectivity index (χ3v) is 4.45. The van der Waals surface area contributed by atoms with Crippen LogP contribution in [0.25, 0.3) is 6.08 Å². The summed E-state index contributed by atoms with van der Waals surface area (Å²) in [5.41, 5.74) is 1.35. The van der Waals surface area contributed by atoms with E-state index in [9.17, 15) is 5.11 Å². The number of ether oxygens (including phenoxy) is 1. The Labute approximate surface area is 165 Å². The van der Waals surface area contributed by atoms with Gasteiger partial charge in [0.1, 0.15) is 11.7 Å². The van der Waals surface area contributed by atoms with Crippen LogP contribution in [0.4, 0.5) is 0 Å². The fourth-order valence-electron chi connectivity index (χ4n) is 2.36. The maximum absolute atomic E-state index is 9.87. The summed E-state index contributed by atoms with van der Waals surface area (Å²) in [6.45, 7) is 3.84. The highest BCUT2D eigenvalue weighted by Crippen LogP contribution is 2.18. The molecule has 0 fully saturated rings. The zero-order valence-electron chi connectivity index (χ0n) is 15.3. The number of hydrogen-bond acceptors (Lipinski definition) is 2. The summed E-state index contributed by atoms with van der Waals surface area (Å²) < 4.78 is 7.03. The lowest BCUT2D eigenvalue weighted by Crippen LogP contribution is -2.18. The van der Waals surface area contributed by atoms with E-state index < -0.39 is 5.60 Å². The molecule has 3 heteroatoms. The van der Waals surface area contributed by atoms with Crippen molar-refractivity contribution < 1.29 is 9.84 Å². The van der Waals surface area contributed by atoms with Crippen LogP contribution in [0.15, 0.2) is 65.1 Å². The molecule has 0 aliphatic heterocycles. The average Bonchev–Trinajstić information content (AvgIpc) is 2.61. The molecule has 2 rings (SSSR count). The van der Waals surface area contributed by atoms with Gasteiger partial charge in [0.2, 0.25) is 0 Å². The number of halogens is 1. The molecule has 2 nitrogen and oxygen atoms in total. The van der Waals surface area contributed by atoms with Crippen molar-refractivity contribution in [3.05, 3.63) is 76.3 Å². The molecule has 0 heterocycles. The Hall–Kier alpha value is -1.86. The molecule has 26 heavy (non-hydrogen) atoms. The van der Waals surface area contributed by atoms with Gasteiger partial charge in [-0.1, -0.05) is 88.5 Å². The van der Waals surface area contributed by atoms with Crippen LogP contribution in [0, 0.1) is 11.8 Å². The van der Waals surface area contributed by atoms with E-state index in [2.05, 4.69) is 46.0 Å². The lowest BCUT2D eigenvalue weighted by Gasteiger charge is -2.13. The standard InChI is InChI=1S/C23H25BrO2/c1-23(2,25)17-16-21(15-14-20-12-6-7-13-22(20)24)26-18-8-11-19-9-4-3-5-10-19/h3-13,21,25H,14-15,18H2,1-2H3/b11-8+. The van der Waals surface area contributed by atoms with Gasteiger partial charge in [-0.2, -0.15) is 0 Å². The monoisotopic (exact) mass is 412 g/mol. The molecule has 0 bridgehead atoms. The molecule has 2 aromatic carbocycles. The van der Waals surface area contributed by atoms with E-state index in [0.717, 1.165) is 22.9 Å². The second kappa shape index (κ2) is 10.3. The molecule has 0 radical (unpaired) electrons. The highest BCUT2D eigenvalue weighted by molar-refractivity contribution is 9.10. The number of aryl methyl sites for hydroxylation is 1. The van der Waals surface area contributed by atoms with Crippen LogP contribution in [-0.2, 0) is 11.2 Å². The molecule has 0 aliphatic rings. The van der Waals surface area contributed by atoms with E-state index in [4.69, 9.17) is 4.74 Å². The normalized spacial score (nSPS) is 12.6. The largest absolute Gasteiger partial charge is 0.378 e. The van der Waals surface area contributed by atoms with Crippen LogP contribution in [0.3, 0.4) is 0 Å². The highest BCUT2D eigenvalue weighted by atomic mass is 79.9. The predicted molar refractivity (Wildman–Crippen MR) is 112 cm³/mol. The van der Waals surface area contributed by atoms with Crippen LogP contribution < -0.4 is 0 Å². The van der Waals surface area contributed by atoms with Gasteiger partial charge >= 0.3 is 0 Å². The summed E-state index contributed by atoms with van der Waals surface area (Å²) in [5.74, 6) is 5.95. The Kier molecular flexibility index (Phi) is 8.12. The van der Waals surface area contributed by atoms with E-state index in [1.54, 1.807) is 13.8 Å². The third kappa shape index (κ3) is 8.01. The van der Waals surface area contributed by atoms with E-state index in [0.29, 0.717) is 6.61 Å². The van der Waals surface area contributed by atoms with Crippen LogP contribution in [-0.4, -0.2) is 23.4 Å². The second-order valence-corrected chi connectivity index (χ2v) is 7.45. The van der Waals surface area contributed by atoms with Crippen molar-refractivity contribution in [3.8, 4) is 11.8 Å². The lowest BCUT2D eigenvalue weighted by molar-refractivity contribution is 0.107. The highest BCUT2D eigenvalue weighted by Gasteiger charge is 2.10. The summed E-state index contributed by atoms with van der Waals surface area (Å²) in [7, 11) is 0. The SMILES string of the molecule is CC(C)(O)C#CC(CCc1ccccc1Br)OC/C=C/c1ccccc1. The van der Waals surface area contributed by atoms with Crippen molar-refractivity contribution in [1.82, 2.24) is 0 Å². The minimum Gasteiger partial charge on any atom is -0.378 e. The first kappa shape index (κ1) is 20.5. The molecule has 2 aromatic rings. The predicted octanol–water partition coefficient (Wildman–Crippen LogP) is 5.25. The first-order valence-corrected chi connectivity index (χ1v) is 9.55. The molecular formula is C23H25BrO2. The first-order chi connectivity index (χ1) is 12.4. The van der Waals surface area contributed by atoms with E-state index in [1.807, 2.05) is 48.6 Å². The van der Waals surface area contributed by atoms with Gasteiger partial charge < -0.3 is 9.84 Å². The molecule has 136 valence electrons. The van der Waals surface area contributed by atoms with Gasteiger partial charge in [-0.25, -0.2) is 0 Å². The van der Waals surface area contributed by atoms with Gasteiger partial charge in [-0.05, 0) is 43.9 Å². The molecule has 1 atom stereocenters. The molecule has 1 N–H and O–H groups in total. The number of benzene rings is 2. The van der Waals surface area contributed by atoms with Crippen LogP contribution in [0.5, 0.6) is 0 Å². The van der Waals surface area contributed by atoms with Gasteiger partial charge in [0, 0.05) is 4.47 Å². The fourth-order valence-corrected chi connectivity index (χ4v) is 2.85. The van der Waals surface area contributed by atoms with E-state index in [1.165, 1.54) is 5.56 Å². The molecule has 1 unspecified atom stereocenters. The van der Waals surface area contributed by atoms with Gasteiger partial charge in [0.25, 0.3) is 0 Å². The zero-order chi connectivity index (χ0) is 18.8. The number of rotatable bonds is 7. The number of aliphatic hydroxyl groups is 1. The third-order valence-electron chi connectivity index (χ3n) is 3.68. The number of hydrogen-bond donors (Lipinski definition) is 1. The van der Waals surface area contributed by atoms with Crippen molar-refractivity contribution in [3.63, 3.8) is 0 Å². The zero-order valence-corrected chi connectivity index (χ0v) is 16.9. The minimum absolute atomic E-state index is 0.228. The Balaban J connectivity index is 1.95. The summed E-state index contributed by atoms with van der Waals surface area (Å²) in [5, 5.41) is 9.87. The first-order valence-electron chi connectivity index (χ1n) is 8.76. The van der Waals surface area contributed by atoms with Gasteiger partial charge in [-0.3, -0.25) is 0 Å². The molecular weight excluding hydrogens is 388 g/mol. The summed E-state index contributed by atoms with van der Waals surface area (Å²) in [4.78, 5) is 0. The molecule has 0 spiro atoms. The molecule has 0 amide bonds.